The maximum Gasteiger partial charge on any atom is 0.251 e. The van der Waals surface area contributed by atoms with Crippen molar-refractivity contribution in [2.75, 3.05) is 0 Å². The van der Waals surface area contributed by atoms with E-state index in [9.17, 15) is 4.79 Å². The van der Waals surface area contributed by atoms with E-state index in [1.807, 2.05) is 58.1 Å². The fraction of sp³-hybridized carbons (Fsp3) is 0.200. The summed E-state index contributed by atoms with van der Waals surface area (Å²) in [5.74, 6) is 0.0972. The van der Waals surface area contributed by atoms with E-state index in [2.05, 4.69) is 40.0 Å². The van der Waals surface area contributed by atoms with Gasteiger partial charge in [0.25, 0.3) is 5.91 Å². The van der Waals surface area contributed by atoms with E-state index in [0.29, 0.717) is 6.54 Å². The van der Waals surface area contributed by atoms with Crippen LogP contribution in [0.5, 0.6) is 0 Å². The van der Waals surface area contributed by atoms with Gasteiger partial charge in [0.2, 0.25) is 0 Å². The molecule has 4 rings (SSSR count). The Morgan fingerprint density at radius 3 is 2.72 bits per heavy atom. The largest absolute Gasteiger partial charge is 0.328 e. The van der Waals surface area contributed by atoms with Crippen LogP contribution in [0, 0.1) is 0 Å². The molecule has 2 atom stereocenters. The Hall–Kier alpha value is -2.40. The first kappa shape index (κ1) is 16.1. The van der Waals surface area contributed by atoms with E-state index in [-0.39, 0.29) is 18.0 Å². The van der Waals surface area contributed by atoms with E-state index in [4.69, 9.17) is 0 Å². The van der Waals surface area contributed by atoms with Gasteiger partial charge >= 0.3 is 0 Å². The Labute approximate surface area is 155 Å². The molecule has 0 spiro atoms. The van der Waals surface area contributed by atoms with Gasteiger partial charge in [-0.25, -0.2) is 4.98 Å². The van der Waals surface area contributed by atoms with Crippen molar-refractivity contribution in [1.82, 2.24) is 14.5 Å². The molecule has 0 saturated carbocycles. The van der Waals surface area contributed by atoms with Crippen molar-refractivity contribution in [3.05, 3.63) is 88.4 Å². The minimum Gasteiger partial charge on any atom is -0.328 e. The lowest BCUT2D eigenvalue weighted by Gasteiger charge is -2.38. The molecule has 1 aromatic heterocycles. The first-order valence-corrected chi connectivity index (χ1v) is 9.06. The van der Waals surface area contributed by atoms with Crippen LogP contribution in [-0.2, 0) is 11.3 Å². The van der Waals surface area contributed by atoms with Crippen molar-refractivity contribution in [2.24, 2.45) is 0 Å². The molecule has 0 N–H and O–H groups in total. The second-order valence-electron chi connectivity index (χ2n) is 6.30. The molecule has 0 radical (unpaired) electrons. The summed E-state index contributed by atoms with van der Waals surface area (Å²) in [6, 6.07) is 17.7. The molecule has 126 valence electrons. The van der Waals surface area contributed by atoms with Gasteiger partial charge in [0, 0.05) is 10.7 Å². The topological polar surface area (TPSA) is 38.1 Å². The fourth-order valence-electron chi connectivity index (χ4n) is 3.43. The van der Waals surface area contributed by atoms with Crippen LogP contribution in [0.1, 0.15) is 35.8 Å². The van der Waals surface area contributed by atoms with Crippen LogP contribution in [0.25, 0.3) is 0 Å². The predicted molar refractivity (Wildman–Crippen MR) is 99.9 cm³/mol. The summed E-state index contributed by atoms with van der Waals surface area (Å²) in [6.07, 6.45) is 3.60. The smallest absolute Gasteiger partial charge is 0.251 e. The lowest BCUT2D eigenvalue weighted by molar-refractivity contribution is -0.138. The lowest BCUT2D eigenvalue weighted by atomic mass is 9.99. The van der Waals surface area contributed by atoms with Crippen LogP contribution >= 0.6 is 15.9 Å². The van der Waals surface area contributed by atoms with Gasteiger partial charge in [-0.2, -0.15) is 0 Å². The summed E-state index contributed by atoms with van der Waals surface area (Å²) >= 11 is 3.51. The molecule has 0 fully saturated rings. The standard InChI is InChI=1S/C20H18BrN3O/c1-14(15-6-3-2-4-7-15)23-12-18-11-22-13-24(18)19(20(23)25)16-8-5-9-17(21)10-16/h2-11,13-14,19H,12H2,1H3/t14-,19-/m0/s1. The first-order chi connectivity index (χ1) is 12.1. The van der Waals surface area contributed by atoms with Crippen molar-refractivity contribution < 1.29 is 4.79 Å². The molecule has 0 unspecified atom stereocenters. The predicted octanol–water partition coefficient (Wildman–Crippen LogP) is 4.34. The van der Waals surface area contributed by atoms with Crippen molar-refractivity contribution in [3.8, 4) is 0 Å². The second-order valence-corrected chi connectivity index (χ2v) is 7.22. The van der Waals surface area contributed by atoms with E-state index in [0.717, 1.165) is 21.3 Å². The summed E-state index contributed by atoms with van der Waals surface area (Å²) in [4.78, 5) is 19.6. The number of hydrogen-bond acceptors (Lipinski definition) is 2. The maximum atomic E-state index is 13.4. The van der Waals surface area contributed by atoms with Crippen LogP contribution in [-0.4, -0.2) is 20.4 Å². The minimum atomic E-state index is -0.380. The number of fused-ring (bicyclic) bond motifs is 1. The maximum absolute atomic E-state index is 13.4. The lowest BCUT2D eigenvalue weighted by Crippen LogP contribution is -2.43. The van der Waals surface area contributed by atoms with Gasteiger partial charge in [-0.05, 0) is 30.2 Å². The SMILES string of the molecule is C[C@@H](c1ccccc1)N1Cc2cncn2[C@@H](c2cccc(Br)c2)C1=O. The van der Waals surface area contributed by atoms with Crippen molar-refractivity contribution >= 4 is 21.8 Å². The Morgan fingerprint density at radius 2 is 1.96 bits per heavy atom. The summed E-state index contributed by atoms with van der Waals surface area (Å²) in [7, 11) is 0. The van der Waals surface area contributed by atoms with Gasteiger partial charge in [-0.3, -0.25) is 4.79 Å². The van der Waals surface area contributed by atoms with Crippen LogP contribution in [0.3, 0.4) is 0 Å². The molecule has 0 saturated heterocycles. The third-order valence-electron chi connectivity index (χ3n) is 4.79. The van der Waals surface area contributed by atoms with E-state index < -0.39 is 0 Å². The van der Waals surface area contributed by atoms with Crippen molar-refractivity contribution in [3.63, 3.8) is 0 Å². The normalized spacial score (nSPS) is 18.1. The molecule has 2 aromatic carbocycles. The molecule has 3 aromatic rings. The highest BCUT2D eigenvalue weighted by Gasteiger charge is 2.36. The number of imidazole rings is 1. The van der Waals surface area contributed by atoms with Gasteiger partial charge in [0.05, 0.1) is 24.6 Å². The highest BCUT2D eigenvalue weighted by molar-refractivity contribution is 9.10. The zero-order valence-electron chi connectivity index (χ0n) is 13.8. The Balaban J connectivity index is 1.76. The molecular weight excluding hydrogens is 378 g/mol. The van der Waals surface area contributed by atoms with Crippen molar-refractivity contribution in [2.45, 2.75) is 25.6 Å². The van der Waals surface area contributed by atoms with Crippen LogP contribution in [0.2, 0.25) is 0 Å². The number of benzene rings is 2. The molecule has 0 aliphatic carbocycles. The van der Waals surface area contributed by atoms with E-state index in [1.54, 1.807) is 6.33 Å². The second kappa shape index (κ2) is 6.48. The van der Waals surface area contributed by atoms with Crippen LogP contribution < -0.4 is 0 Å². The first-order valence-electron chi connectivity index (χ1n) is 8.27. The number of nitrogens with zero attached hydrogens (tertiary/aromatic N) is 3. The molecule has 2 heterocycles. The van der Waals surface area contributed by atoms with Gasteiger partial charge < -0.3 is 9.47 Å². The molecular formula is C20H18BrN3O. The zero-order chi connectivity index (χ0) is 17.4. The Morgan fingerprint density at radius 1 is 1.16 bits per heavy atom. The number of carbonyl (C=O) groups excluding carboxylic acids is 1. The number of aromatic nitrogens is 2. The highest BCUT2D eigenvalue weighted by Crippen LogP contribution is 2.34. The fourth-order valence-corrected chi connectivity index (χ4v) is 3.85. The van der Waals surface area contributed by atoms with Crippen molar-refractivity contribution in [1.29, 1.82) is 0 Å². The average Bonchev–Trinajstić information content (AvgIpc) is 3.09. The van der Waals surface area contributed by atoms with Crippen LogP contribution in [0.15, 0.2) is 71.6 Å². The Bertz CT molecular complexity index is 906. The molecule has 5 heteroatoms. The van der Waals surface area contributed by atoms with E-state index >= 15 is 0 Å². The molecule has 1 aliphatic heterocycles. The number of halogens is 1. The van der Waals surface area contributed by atoms with Gasteiger partial charge in [0.1, 0.15) is 6.04 Å². The van der Waals surface area contributed by atoms with Gasteiger partial charge in [0.15, 0.2) is 0 Å². The van der Waals surface area contributed by atoms with Gasteiger partial charge in [-0.15, -0.1) is 0 Å². The molecule has 25 heavy (non-hydrogen) atoms. The van der Waals surface area contributed by atoms with Crippen LogP contribution in [0.4, 0.5) is 0 Å². The monoisotopic (exact) mass is 395 g/mol. The molecule has 1 amide bonds. The third kappa shape index (κ3) is 2.89. The van der Waals surface area contributed by atoms with Gasteiger partial charge in [-0.1, -0.05) is 58.4 Å². The quantitative estimate of drug-likeness (QED) is 0.661. The summed E-state index contributed by atoms with van der Waals surface area (Å²) in [6.45, 7) is 2.65. The number of rotatable bonds is 3. The third-order valence-corrected chi connectivity index (χ3v) is 5.28. The zero-order valence-corrected chi connectivity index (χ0v) is 15.4. The van der Waals surface area contributed by atoms with E-state index in [1.165, 1.54) is 0 Å². The minimum absolute atomic E-state index is 0.00648. The highest BCUT2D eigenvalue weighted by atomic mass is 79.9. The summed E-state index contributed by atoms with van der Waals surface area (Å²) in [5, 5.41) is 0. The number of amides is 1. The number of carbonyl (C=O) groups is 1. The molecule has 1 aliphatic rings. The summed E-state index contributed by atoms with van der Waals surface area (Å²) < 4.78 is 2.95. The molecule has 0 bridgehead atoms. The average molecular weight is 396 g/mol. The Kier molecular flexibility index (Phi) is 4.17. The number of hydrogen-bond donors (Lipinski definition) is 0. The summed E-state index contributed by atoms with van der Waals surface area (Å²) in [5.41, 5.74) is 3.15. The molecule has 4 nitrogen and oxygen atoms in total.